The minimum absolute atomic E-state index is 0.236. The number of aromatic nitrogens is 3. The monoisotopic (exact) mass is 319 g/mol. The van der Waals surface area contributed by atoms with Gasteiger partial charge in [-0.05, 0) is 0 Å². The summed E-state index contributed by atoms with van der Waals surface area (Å²) in [5.74, 6) is 0.446. The third-order valence-electron chi connectivity index (χ3n) is 3.26. The van der Waals surface area contributed by atoms with Gasteiger partial charge in [-0.2, -0.15) is 0 Å². The van der Waals surface area contributed by atoms with Crippen LogP contribution in [0.25, 0.3) is 0 Å². The topological polar surface area (TPSA) is 113 Å². The first-order chi connectivity index (χ1) is 11.0. The molecular formula is C15H21N5O3. The van der Waals surface area contributed by atoms with Gasteiger partial charge in [-0.1, -0.05) is 19.0 Å². The molecule has 1 atom stereocenters. The maximum atomic E-state index is 12.3. The van der Waals surface area contributed by atoms with E-state index in [9.17, 15) is 9.59 Å². The molecule has 2 aromatic heterocycles. The minimum Gasteiger partial charge on any atom is -0.361 e. The first-order valence-electron chi connectivity index (χ1n) is 7.43. The van der Waals surface area contributed by atoms with Gasteiger partial charge in [0.05, 0.1) is 12.9 Å². The van der Waals surface area contributed by atoms with Gasteiger partial charge in [0.25, 0.3) is 0 Å². The zero-order valence-electron chi connectivity index (χ0n) is 13.4. The van der Waals surface area contributed by atoms with E-state index in [1.807, 2.05) is 19.9 Å². The first-order valence-corrected chi connectivity index (χ1v) is 7.43. The van der Waals surface area contributed by atoms with E-state index in [-0.39, 0.29) is 24.3 Å². The molecule has 0 aliphatic heterocycles. The number of hydrogen-bond acceptors (Lipinski definition) is 5. The zero-order valence-corrected chi connectivity index (χ0v) is 13.4. The quantitative estimate of drug-likeness (QED) is 0.701. The molecule has 2 aromatic rings. The number of rotatable bonds is 7. The van der Waals surface area contributed by atoms with Crippen LogP contribution in [0.1, 0.15) is 43.8 Å². The Morgan fingerprint density at radius 3 is 2.74 bits per heavy atom. The second-order valence-electron chi connectivity index (χ2n) is 5.63. The molecule has 23 heavy (non-hydrogen) atoms. The Bertz CT molecular complexity index is 648. The lowest BCUT2D eigenvalue weighted by Gasteiger charge is -2.16. The lowest BCUT2D eigenvalue weighted by Crippen LogP contribution is -2.47. The molecule has 124 valence electrons. The molecule has 8 heteroatoms. The van der Waals surface area contributed by atoms with Crippen molar-refractivity contribution in [3.63, 3.8) is 0 Å². The molecular weight excluding hydrogens is 298 g/mol. The Morgan fingerprint density at radius 2 is 2.17 bits per heavy atom. The largest absolute Gasteiger partial charge is 0.361 e. The fourth-order valence-electron chi connectivity index (χ4n) is 2.06. The molecule has 0 saturated heterocycles. The van der Waals surface area contributed by atoms with Crippen LogP contribution in [0, 0.1) is 0 Å². The Balaban J connectivity index is 1.94. The molecule has 2 amide bonds. The average molecular weight is 319 g/mol. The van der Waals surface area contributed by atoms with E-state index >= 15 is 0 Å². The summed E-state index contributed by atoms with van der Waals surface area (Å²) in [6.07, 6.45) is 3.48. The maximum Gasteiger partial charge on any atom is 0.243 e. The predicted octanol–water partition coefficient (Wildman–Crippen LogP) is 0.885. The summed E-state index contributed by atoms with van der Waals surface area (Å²) >= 11 is 0. The van der Waals surface area contributed by atoms with Crippen LogP contribution in [-0.4, -0.2) is 33.0 Å². The number of imidazole rings is 1. The molecule has 0 spiro atoms. The van der Waals surface area contributed by atoms with Crippen molar-refractivity contribution < 1.29 is 14.1 Å². The van der Waals surface area contributed by atoms with Crippen molar-refractivity contribution in [3.05, 3.63) is 35.7 Å². The number of aromatic amines is 1. The van der Waals surface area contributed by atoms with Crippen molar-refractivity contribution >= 4 is 11.8 Å². The van der Waals surface area contributed by atoms with Crippen LogP contribution in [0.3, 0.4) is 0 Å². The van der Waals surface area contributed by atoms with Gasteiger partial charge in [0.2, 0.25) is 11.8 Å². The Kier molecular flexibility index (Phi) is 5.51. The molecule has 8 nitrogen and oxygen atoms in total. The highest BCUT2D eigenvalue weighted by atomic mass is 16.5. The molecule has 0 fully saturated rings. The second kappa shape index (κ2) is 7.57. The molecule has 0 aliphatic carbocycles. The smallest absolute Gasteiger partial charge is 0.243 e. The van der Waals surface area contributed by atoms with E-state index in [1.54, 1.807) is 6.20 Å². The van der Waals surface area contributed by atoms with Crippen molar-refractivity contribution in [2.45, 2.75) is 45.7 Å². The second-order valence-corrected chi connectivity index (χ2v) is 5.63. The molecule has 2 heterocycles. The molecule has 0 radical (unpaired) electrons. The lowest BCUT2D eigenvalue weighted by atomic mass is 10.1. The van der Waals surface area contributed by atoms with E-state index in [2.05, 4.69) is 25.8 Å². The molecule has 0 aliphatic rings. The SMILES string of the molecule is CC(=O)N[C@@H](Cc1cnc[nH]1)C(=O)NCc1cc(C(C)C)on1. The number of nitrogens with zero attached hydrogens (tertiary/aromatic N) is 2. The van der Waals surface area contributed by atoms with Crippen molar-refractivity contribution in [1.82, 2.24) is 25.8 Å². The van der Waals surface area contributed by atoms with Crippen molar-refractivity contribution in [2.24, 2.45) is 0 Å². The van der Waals surface area contributed by atoms with Crippen LogP contribution >= 0.6 is 0 Å². The van der Waals surface area contributed by atoms with Crippen LogP contribution in [-0.2, 0) is 22.6 Å². The summed E-state index contributed by atoms with van der Waals surface area (Å²) in [6.45, 7) is 5.62. The van der Waals surface area contributed by atoms with Crippen LogP contribution in [0.15, 0.2) is 23.1 Å². The van der Waals surface area contributed by atoms with Gasteiger partial charge in [-0.25, -0.2) is 4.98 Å². The highest BCUT2D eigenvalue weighted by Crippen LogP contribution is 2.14. The summed E-state index contributed by atoms with van der Waals surface area (Å²) < 4.78 is 5.18. The number of carbonyl (C=O) groups excluding carboxylic acids is 2. The summed E-state index contributed by atoms with van der Waals surface area (Å²) in [7, 11) is 0. The van der Waals surface area contributed by atoms with E-state index in [1.165, 1.54) is 13.3 Å². The van der Waals surface area contributed by atoms with Crippen LogP contribution in [0.4, 0.5) is 0 Å². The average Bonchev–Trinajstić information content (AvgIpc) is 3.14. The highest BCUT2D eigenvalue weighted by Gasteiger charge is 2.21. The third kappa shape index (κ3) is 4.94. The van der Waals surface area contributed by atoms with Crippen molar-refractivity contribution in [1.29, 1.82) is 0 Å². The standard InChI is InChI=1S/C15H21N5O3/c1-9(2)14-5-12(20-23-14)7-17-15(22)13(19-10(3)21)4-11-6-16-8-18-11/h5-6,8-9,13H,4,7H2,1-3H3,(H,16,18)(H,17,22)(H,19,21)/t13-/m0/s1. The summed E-state index contributed by atoms with van der Waals surface area (Å²) in [4.78, 5) is 30.4. The van der Waals surface area contributed by atoms with Gasteiger partial charge in [-0.15, -0.1) is 0 Å². The van der Waals surface area contributed by atoms with E-state index in [0.29, 0.717) is 12.1 Å². The van der Waals surface area contributed by atoms with Gasteiger partial charge in [-0.3, -0.25) is 9.59 Å². The lowest BCUT2D eigenvalue weighted by molar-refractivity contribution is -0.128. The van der Waals surface area contributed by atoms with Crippen LogP contribution in [0.2, 0.25) is 0 Å². The van der Waals surface area contributed by atoms with Crippen LogP contribution < -0.4 is 10.6 Å². The molecule has 0 unspecified atom stereocenters. The molecule has 0 bridgehead atoms. The highest BCUT2D eigenvalue weighted by molar-refractivity contribution is 5.86. The summed E-state index contributed by atoms with van der Waals surface area (Å²) in [6, 6.07) is 1.14. The minimum atomic E-state index is -0.676. The summed E-state index contributed by atoms with van der Waals surface area (Å²) in [5, 5.41) is 9.31. The molecule has 3 N–H and O–H groups in total. The normalized spacial score (nSPS) is 12.2. The number of hydrogen-bond donors (Lipinski definition) is 3. The van der Waals surface area contributed by atoms with Gasteiger partial charge >= 0.3 is 0 Å². The Morgan fingerprint density at radius 1 is 1.39 bits per heavy atom. The van der Waals surface area contributed by atoms with Crippen LogP contribution in [0.5, 0.6) is 0 Å². The number of nitrogens with one attached hydrogen (secondary N) is 3. The molecule has 0 saturated carbocycles. The maximum absolute atomic E-state index is 12.3. The van der Waals surface area contributed by atoms with E-state index in [0.717, 1.165) is 11.5 Å². The van der Waals surface area contributed by atoms with Gasteiger partial charge < -0.3 is 20.1 Å². The van der Waals surface area contributed by atoms with Gasteiger partial charge in [0.15, 0.2) is 0 Å². The zero-order chi connectivity index (χ0) is 16.8. The number of carbonyl (C=O) groups is 2. The first kappa shape index (κ1) is 16.7. The van der Waals surface area contributed by atoms with Crippen molar-refractivity contribution in [3.8, 4) is 0 Å². The molecule has 0 aromatic carbocycles. The fourth-order valence-corrected chi connectivity index (χ4v) is 2.06. The number of H-pyrrole nitrogens is 1. The third-order valence-corrected chi connectivity index (χ3v) is 3.26. The van der Waals surface area contributed by atoms with E-state index < -0.39 is 6.04 Å². The van der Waals surface area contributed by atoms with E-state index in [4.69, 9.17) is 4.52 Å². The Labute approximate surface area is 134 Å². The Hall–Kier alpha value is -2.64. The van der Waals surface area contributed by atoms with Crippen molar-refractivity contribution in [2.75, 3.05) is 0 Å². The van der Waals surface area contributed by atoms with Gasteiger partial charge in [0, 0.05) is 37.2 Å². The van der Waals surface area contributed by atoms with Gasteiger partial charge in [0.1, 0.15) is 17.5 Å². The number of amides is 2. The predicted molar refractivity (Wildman–Crippen MR) is 82.3 cm³/mol. The summed E-state index contributed by atoms with van der Waals surface area (Å²) in [5.41, 5.74) is 1.41. The fraction of sp³-hybridized carbons (Fsp3) is 0.467. The molecule has 2 rings (SSSR count).